The van der Waals surface area contributed by atoms with Crippen molar-refractivity contribution in [3.8, 4) is 0 Å². The normalized spacial score (nSPS) is 14.8. The number of benzene rings is 2. The zero-order valence-corrected chi connectivity index (χ0v) is 18.5. The molecule has 2 aromatic carbocycles. The second-order valence-corrected chi connectivity index (χ2v) is 8.39. The molecule has 0 atom stereocenters. The van der Waals surface area contributed by atoms with Gasteiger partial charge in [0.15, 0.2) is 0 Å². The van der Waals surface area contributed by atoms with Crippen LogP contribution in [-0.4, -0.2) is 35.4 Å². The number of fused-ring (bicyclic) bond motifs is 2. The molecule has 1 amide bonds. The summed E-state index contributed by atoms with van der Waals surface area (Å²) in [6, 6.07) is 14.6. The molecule has 2 N–H and O–H groups in total. The van der Waals surface area contributed by atoms with E-state index in [1.807, 2.05) is 24.3 Å². The second kappa shape index (κ2) is 8.56. The molecule has 0 radical (unpaired) electrons. The van der Waals surface area contributed by atoms with Crippen molar-refractivity contribution in [3.05, 3.63) is 63.8 Å². The summed E-state index contributed by atoms with van der Waals surface area (Å²) in [4.78, 5) is 18.3. The van der Waals surface area contributed by atoms with E-state index in [0.717, 1.165) is 53.0 Å². The highest BCUT2D eigenvalue weighted by Crippen LogP contribution is 2.35. The van der Waals surface area contributed by atoms with Crippen LogP contribution in [0.2, 0.25) is 0 Å². The van der Waals surface area contributed by atoms with Crippen LogP contribution in [0.25, 0.3) is 22.6 Å². The number of H-pyrrole nitrogens is 1. The van der Waals surface area contributed by atoms with Crippen LogP contribution in [-0.2, 0) is 11.2 Å². The highest BCUT2D eigenvalue weighted by atomic mass is 79.9. The fourth-order valence-electron chi connectivity index (χ4n) is 3.94. The van der Waals surface area contributed by atoms with Gasteiger partial charge in [-0.3, -0.25) is 4.79 Å². The van der Waals surface area contributed by atoms with Crippen LogP contribution in [0.1, 0.15) is 37.1 Å². The van der Waals surface area contributed by atoms with Crippen molar-refractivity contribution in [1.29, 1.82) is 0 Å². The van der Waals surface area contributed by atoms with Crippen LogP contribution in [0.3, 0.4) is 0 Å². The first-order chi connectivity index (χ1) is 14.1. The van der Waals surface area contributed by atoms with Gasteiger partial charge in [-0.15, -0.1) is 0 Å². The van der Waals surface area contributed by atoms with Crippen molar-refractivity contribution in [2.75, 3.05) is 25.0 Å². The molecule has 5 heteroatoms. The lowest BCUT2D eigenvalue weighted by Gasteiger charge is -2.17. The van der Waals surface area contributed by atoms with Crippen LogP contribution in [0.4, 0.5) is 5.69 Å². The number of amides is 1. The number of aromatic nitrogens is 1. The van der Waals surface area contributed by atoms with Gasteiger partial charge in [0.25, 0.3) is 5.91 Å². The van der Waals surface area contributed by atoms with E-state index in [2.05, 4.69) is 69.2 Å². The summed E-state index contributed by atoms with van der Waals surface area (Å²) >= 11 is 3.50. The molecule has 1 aromatic heterocycles. The third-order valence-corrected chi connectivity index (χ3v) is 6.10. The summed E-state index contributed by atoms with van der Waals surface area (Å²) in [5.74, 6) is -0.0613. The maximum Gasteiger partial charge on any atom is 0.256 e. The van der Waals surface area contributed by atoms with Crippen LogP contribution in [0.5, 0.6) is 0 Å². The Hall–Kier alpha value is -2.37. The number of rotatable bonds is 7. The zero-order chi connectivity index (χ0) is 20.4. The number of hydrogen-bond acceptors (Lipinski definition) is 2. The molecule has 0 bridgehead atoms. The summed E-state index contributed by atoms with van der Waals surface area (Å²) < 4.78 is 0.963. The first-order valence-electron chi connectivity index (χ1n) is 10.2. The minimum Gasteiger partial charge on any atom is -0.355 e. The zero-order valence-electron chi connectivity index (χ0n) is 16.9. The van der Waals surface area contributed by atoms with Crippen molar-refractivity contribution in [2.45, 2.75) is 26.7 Å². The van der Waals surface area contributed by atoms with Crippen LogP contribution < -0.4 is 5.32 Å². The molecule has 0 spiro atoms. The largest absolute Gasteiger partial charge is 0.355 e. The van der Waals surface area contributed by atoms with Gasteiger partial charge in [-0.1, -0.05) is 35.8 Å². The summed E-state index contributed by atoms with van der Waals surface area (Å²) in [7, 11) is 0. The van der Waals surface area contributed by atoms with E-state index in [1.54, 1.807) is 0 Å². The van der Waals surface area contributed by atoms with E-state index < -0.39 is 0 Å². The number of aryl methyl sites for hydroxylation is 1. The van der Waals surface area contributed by atoms with Crippen molar-refractivity contribution in [1.82, 2.24) is 9.88 Å². The van der Waals surface area contributed by atoms with Gasteiger partial charge in [-0.05, 0) is 80.5 Å². The summed E-state index contributed by atoms with van der Waals surface area (Å²) in [6.45, 7) is 7.79. The molecule has 0 aliphatic carbocycles. The number of aromatic amines is 1. The Morgan fingerprint density at radius 3 is 2.69 bits per heavy atom. The Morgan fingerprint density at radius 2 is 1.90 bits per heavy atom. The first-order valence-corrected chi connectivity index (χ1v) is 11.0. The van der Waals surface area contributed by atoms with E-state index in [0.29, 0.717) is 5.57 Å². The Balaban J connectivity index is 1.55. The van der Waals surface area contributed by atoms with E-state index in [4.69, 9.17) is 0 Å². The van der Waals surface area contributed by atoms with E-state index in [1.165, 1.54) is 17.4 Å². The predicted octanol–water partition coefficient (Wildman–Crippen LogP) is 5.70. The predicted molar refractivity (Wildman–Crippen MR) is 125 cm³/mol. The second-order valence-electron chi connectivity index (χ2n) is 7.48. The van der Waals surface area contributed by atoms with Gasteiger partial charge >= 0.3 is 0 Å². The van der Waals surface area contributed by atoms with Crippen LogP contribution in [0.15, 0.2) is 46.9 Å². The quantitative estimate of drug-likeness (QED) is 0.452. The van der Waals surface area contributed by atoms with Crippen LogP contribution in [0, 0.1) is 0 Å². The van der Waals surface area contributed by atoms with Gasteiger partial charge in [0, 0.05) is 32.3 Å². The fraction of sp³-hybridized carbons (Fsp3) is 0.292. The van der Waals surface area contributed by atoms with Gasteiger partial charge in [0.2, 0.25) is 0 Å². The lowest BCUT2D eigenvalue weighted by Crippen LogP contribution is -2.24. The number of halogens is 1. The minimum absolute atomic E-state index is 0.0613. The van der Waals surface area contributed by atoms with Gasteiger partial charge in [0.05, 0.1) is 5.57 Å². The molecule has 0 fully saturated rings. The van der Waals surface area contributed by atoms with E-state index >= 15 is 0 Å². The van der Waals surface area contributed by atoms with Crippen molar-refractivity contribution >= 4 is 50.1 Å². The molecule has 4 nitrogen and oxygen atoms in total. The number of hydrogen-bond donors (Lipinski definition) is 2. The van der Waals surface area contributed by atoms with Crippen molar-refractivity contribution < 1.29 is 4.79 Å². The monoisotopic (exact) mass is 451 g/mol. The Kier molecular flexibility index (Phi) is 5.88. The fourth-order valence-corrected chi connectivity index (χ4v) is 4.30. The smallest absolute Gasteiger partial charge is 0.256 e. The number of anilines is 1. The molecule has 1 aliphatic rings. The highest BCUT2D eigenvalue weighted by molar-refractivity contribution is 9.10. The van der Waals surface area contributed by atoms with Crippen LogP contribution >= 0.6 is 15.9 Å². The van der Waals surface area contributed by atoms with Gasteiger partial charge in [-0.2, -0.15) is 0 Å². The van der Waals surface area contributed by atoms with Gasteiger partial charge in [-0.25, -0.2) is 0 Å². The highest BCUT2D eigenvalue weighted by Gasteiger charge is 2.24. The van der Waals surface area contributed by atoms with Crippen molar-refractivity contribution in [2.24, 2.45) is 0 Å². The molecule has 150 valence electrons. The third kappa shape index (κ3) is 4.31. The lowest BCUT2D eigenvalue weighted by atomic mass is 10.1. The van der Waals surface area contributed by atoms with E-state index in [9.17, 15) is 4.79 Å². The molecule has 29 heavy (non-hydrogen) atoms. The van der Waals surface area contributed by atoms with Gasteiger partial charge in [0.1, 0.15) is 0 Å². The minimum atomic E-state index is -0.0613. The lowest BCUT2D eigenvalue weighted by molar-refractivity contribution is -0.110. The number of carbonyl (C=O) groups is 1. The molecule has 3 aromatic rings. The standard InChI is InChI=1S/C24H26BrN3O/c1-3-28(4-2)11-5-6-16-7-9-22-17(12-16)13-19(26-22)15-21-20-14-18(25)8-10-23(20)27-24(21)29/h7-10,12-15,26H,3-6,11H2,1-2H3,(H,27,29)/b21-15+. The maximum absolute atomic E-state index is 12.4. The SMILES string of the molecule is CCN(CC)CCCc1ccc2[nH]c(/C=C3/C(=O)Nc4ccc(Br)cc43)cc2c1. The average molecular weight is 452 g/mol. The van der Waals surface area contributed by atoms with E-state index in [-0.39, 0.29) is 5.91 Å². The molecule has 2 heterocycles. The molecule has 0 unspecified atom stereocenters. The summed E-state index contributed by atoms with van der Waals surface area (Å²) in [6.07, 6.45) is 4.19. The molecule has 1 aliphatic heterocycles. The molecule has 0 saturated heterocycles. The molecular weight excluding hydrogens is 426 g/mol. The molecule has 4 rings (SSSR count). The third-order valence-electron chi connectivity index (χ3n) is 5.60. The molecular formula is C24H26BrN3O. The summed E-state index contributed by atoms with van der Waals surface area (Å²) in [5.41, 5.74) is 5.87. The maximum atomic E-state index is 12.4. The first kappa shape index (κ1) is 19.9. The topological polar surface area (TPSA) is 48.1 Å². The summed E-state index contributed by atoms with van der Waals surface area (Å²) in [5, 5.41) is 4.12. The van der Waals surface area contributed by atoms with Gasteiger partial charge < -0.3 is 15.2 Å². The van der Waals surface area contributed by atoms with Crippen molar-refractivity contribution in [3.63, 3.8) is 0 Å². The number of carbonyl (C=O) groups excluding carboxylic acids is 1. The Labute approximate surface area is 180 Å². The Morgan fingerprint density at radius 1 is 1.07 bits per heavy atom. The Bertz CT molecular complexity index is 1080. The number of nitrogens with zero attached hydrogens (tertiary/aromatic N) is 1. The molecule has 0 saturated carbocycles. The average Bonchev–Trinajstić information content (AvgIpc) is 3.25. The number of nitrogens with one attached hydrogen (secondary N) is 2.